The monoisotopic (exact) mass is 344 g/mol. The molecule has 3 rings (SSSR count). The van der Waals surface area contributed by atoms with Gasteiger partial charge in [-0.25, -0.2) is 8.78 Å². The van der Waals surface area contributed by atoms with E-state index in [9.17, 15) is 13.6 Å². The molecule has 132 valence electrons. The summed E-state index contributed by atoms with van der Waals surface area (Å²) in [4.78, 5) is 11.3. The fourth-order valence-electron chi connectivity index (χ4n) is 3.17. The minimum absolute atomic E-state index is 0.0280. The molecule has 0 saturated heterocycles. The first kappa shape index (κ1) is 17.5. The van der Waals surface area contributed by atoms with Crippen molar-refractivity contribution in [2.24, 2.45) is 5.73 Å². The Hall–Kier alpha value is -2.27. The van der Waals surface area contributed by atoms with Gasteiger partial charge in [-0.2, -0.15) is 0 Å². The molecule has 3 nitrogen and oxygen atoms in total. The Bertz CT molecular complexity index is 734. The van der Waals surface area contributed by atoms with Gasteiger partial charge in [0.1, 0.15) is 0 Å². The van der Waals surface area contributed by atoms with Crippen LogP contribution >= 0.6 is 0 Å². The first-order valence-electron chi connectivity index (χ1n) is 8.53. The van der Waals surface area contributed by atoms with E-state index in [2.05, 4.69) is 5.32 Å². The van der Waals surface area contributed by atoms with Crippen LogP contribution in [0.1, 0.15) is 41.6 Å². The molecule has 0 aliphatic heterocycles. The number of nitrogens with one attached hydrogen (secondary N) is 1. The van der Waals surface area contributed by atoms with Crippen molar-refractivity contribution in [3.05, 3.63) is 59.7 Å². The van der Waals surface area contributed by atoms with Crippen LogP contribution in [0.5, 0.6) is 0 Å². The summed E-state index contributed by atoms with van der Waals surface area (Å²) in [6.45, 7) is 0.665. The number of halogens is 2. The lowest BCUT2D eigenvalue weighted by atomic mass is 9.92. The van der Waals surface area contributed by atoms with E-state index >= 15 is 0 Å². The molecule has 1 fully saturated rings. The number of primary amides is 1. The summed E-state index contributed by atoms with van der Waals surface area (Å²) in [6, 6.07) is 15.4. The fourth-order valence-corrected chi connectivity index (χ4v) is 3.17. The summed E-state index contributed by atoms with van der Waals surface area (Å²) in [5.74, 6) is -2.93. The summed E-state index contributed by atoms with van der Waals surface area (Å²) in [5.41, 5.74) is 8.84. The van der Waals surface area contributed by atoms with Crippen molar-refractivity contribution in [1.82, 2.24) is 5.32 Å². The maximum atomic E-state index is 13.2. The third-order valence-electron chi connectivity index (χ3n) is 4.75. The van der Waals surface area contributed by atoms with Gasteiger partial charge in [0.2, 0.25) is 11.8 Å². The smallest absolute Gasteiger partial charge is 0.248 e. The molecule has 0 unspecified atom stereocenters. The third kappa shape index (κ3) is 4.63. The van der Waals surface area contributed by atoms with Gasteiger partial charge in [0, 0.05) is 31.0 Å². The maximum Gasteiger partial charge on any atom is 0.248 e. The molecular weight excluding hydrogens is 322 g/mol. The topological polar surface area (TPSA) is 55.1 Å². The van der Waals surface area contributed by atoms with Crippen molar-refractivity contribution >= 4 is 5.91 Å². The molecular formula is C20H22F2N2O. The summed E-state index contributed by atoms with van der Waals surface area (Å²) in [7, 11) is 0. The summed E-state index contributed by atoms with van der Waals surface area (Å²) in [6.07, 6.45) is 0.982. The van der Waals surface area contributed by atoms with E-state index in [1.807, 2.05) is 36.4 Å². The molecule has 0 radical (unpaired) electrons. The van der Waals surface area contributed by atoms with Crippen LogP contribution in [0.2, 0.25) is 0 Å². The van der Waals surface area contributed by atoms with Crippen molar-refractivity contribution in [2.45, 2.75) is 44.2 Å². The van der Waals surface area contributed by atoms with Gasteiger partial charge in [0.05, 0.1) is 0 Å². The van der Waals surface area contributed by atoms with E-state index in [4.69, 9.17) is 5.73 Å². The molecule has 0 spiro atoms. The molecule has 0 atom stereocenters. The van der Waals surface area contributed by atoms with Crippen LogP contribution < -0.4 is 11.1 Å². The number of hydrogen-bond acceptors (Lipinski definition) is 2. The first-order valence-corrected chi connectivity index (χ1v) is 8.53. The third-order valence-corrected chi connectivity index (χ3v) is 4.75. The lowest BCUT2D eigenvalue weighted by Crippen LogP contribution is -2.36. The lowest BCUT2D eigenvalue weighted by Gasteiger charge is -2.29. The largest absolute Gasteiger partial charge is 0.366 e. The zero-order valence-electron chi connectivity index (χ0n) is 14.0. The molecule has 25 heavy (non-hydrogen) atoms. The highest BCUT2D eigenvalue weighted by Crippen LogP contribution is 2.33. The molecule has 5 heteroatoms. The van der Waals surface area contributed by atoms with E-state index < -0.39 is 11.8 Å². The summed E-state index contributed by atoms with van der Waals surface area (Å²) >= 11 is 0. The Morgan fingerprint density at radius 3 is 2.40 bits per heavy atom. The normalized spacial score (nSPS) is 17.4. The van der Waals surface area contributed by atoms with Gasteiger partial charge in [-0.15, -0.1) is 0 Å². The number of carbonyl (C=O) groups is 1. The molecule has 1 saturated carbocycles. The summed E-state index contributed by atoms with van der Waals surface area (Å²) in [5, 5.41) is 3.36. The van der Waals surface area contributed by atoms with Gasteiger partial charge in [-0.1, -0.05) is 36.4 Å². The molecule has 1 aliphatic rings. The number of rotatable bonds is 5. The molecule has 2 aromatic rings. The molecule has 0 bridgehead atoms. The van der Waals surface area contributed by atoms with Crippen LogP contribution in [0.15, 0.2) is 48.5 Å². The highest BCUT2D eigenvalue weighted by molar-refractivity contribution is 5.94. The molecule has 3 N–H and O–H groups in total. The molecule has 2 aromatic carbocycles. The van der Waals surface area contributed by atoms with Crippen LogP contribution in [0.25, 0.3) is 11.1 Å². The van der Waals surface area contributed by atoms with Crippen molar-refractivity contribution in [3.63, 3.8) is 0 Å². The zero-order valence-corrected chi connectivity index (χ0v) is 14.0. The van der Waals surface area contributed by atoms with E-state index in [1.165, 1.54) is 0 Å². The van der Waals surface area contributed by atoms with Crippen molar-refractivity contribution in [3.8, 4) is 11.1 Å². The van der Waals surface area contributed by atoms with Crippen LogP contribution in [-0.2, 0) is 6.54 Å². The van der Waals surface area contributed by atoms with E-state index in [0.717, 1.165) is 16.7 Å². The standard InChI is InChI=1S/C20H22F2N2O/c21-20(22)10-8-18(9-11-20)24-13-14-4-6-15(7-5-14)16-2-1-3-17(12-16)19(23)25/h1-7,12,18,24H,8-11,13H2,(H2,23,25). The second kappa shape index (κ2) is 7.31. The number of nitrogens with two attached hydrogens (primary N) is 1. The van der Waals surface area contributed by atoms with Crippen LogP contribution in [0.3, 0.4) is 0 Å². The van der Waals surface area contributed by atoms with Gasteiger partial charge >= 0.3 is 0 Å². The number of amides is 1. The Labute approximate surface area is 146 Å². The summed E-state index contributed by atoms with van der Waals surface area (Å²) < 4.78 is 26.3. The Kier molecular flexibility index (Phi) is 5.13. The highest BCUT2D eigenvalue weighted by atomic mass is 19.3. The van der Waals surface area contributed by atoms with E-state index in [1.54, 1.807) is 12.1 Å². The highest BCUT2D eigenvalue weighted by Gasteiger charge is 2.34. The number of hydrogen-bond donors (Lipinski definition) is 2. The van der Waals surface area contributed by atoms with Gasteiger partial charge in [0.15, 0.2) is 0 Å². The SMILES string of the molecule is NC(=O)c1cccc(-c2ccc(CNC3CCC(F)(F)CC3)cc2)c1. The fraction of sp³-hybridized carbons (Fsp3) is 0.350. The quantitative estimate of drug-likeness (QED) is 0.857. The minimum atomic E-state index is -2.49. The van der Waals surface area contributed by atoms with Gasteiger partial charge in [-0.3, -0.25) is 4.79 Å². The average Bonchev–Trinajstić information content (AvgIpc) is 2.61. The second-order valence-corrected chi connectivity index (χ2v) is 6.65. The first-order chi connectivity index (χ1) is 11.9. The zero-order chi connectivity index (χ0) is 17.9. The van der Waals surface area contributed by atoms with E-state index in [0.29, 0.717) is 24.9 Å². The molecule has 1 aliphatic carbocycles. The Morgan fingerprint density at radius 1 is 1.08 bits per heavy atom. The predicted octanol–water partition coefficient (Wildman–Crippen LogP) is 4.12. The number of alkyl halides is 2. The molecule has 1 amide bonds. The second-order valence-electron chi connectivity index (χ2n) is 6.65. The van der Waals surface area contributed by atoms with Gasteiger partial charge in [-0.05, 0) is 41.7 Å². The van der Waals surface area contributed by atoms with Gasteiger partial charge < -0.3 is 11.1 Å². The van der Waals surface area contributed by atoms with E-state index in [-0.39, 0.29) is 18.9 Å². The van der Waals surface area contributed by atoms with Crippen LogP contribution in [0, 0.1) is 0 Å². The number of benzene rings is 2. The Morgan fingerprint density at radius 2 is 1.76 bits per heavy atom. The average molecular weight is 344 g/mol. The van der Waals surface area contributed by atoms with Crippen LogP contribution in [-0.4, -0.2) is 17.9 Å². The van der Waals surface area contributed by atoms with Crippen molar-refractivity contribution < 1.29 is 13.6 Å². The van der Waals surface area contributed by atoms with Crippen LogP contribution in [0.4, 0.5) is 8.78 Å². The predicted molar refractivity (Wildman–Crippen MR) is 94.4 cm³/mol. The van der Waals surface area contributed by atoms with Gasteiger partial charge in [0.25, 0.3) is 0 Å². The minimum Gasteiger partial charge on any atom is -0.366 e. The maximum absolute atomic E-state index is 13.2. The lowest BCUT2D eigenvalue weighted by molar-refractivity contribution is -0.0405. The van der Waals surface area contributed by atoms with Crippen molar-refractivity contribution in [1.29, 1.82) is 0 Å². The molecule has 0 aromatic heterocycles. The van der Waals surface area contributed by atoms with Crippen molar-refractivity contribution in [2.75, 3.05) is 0 Å². The molecule has 0 heterocycles. The Balaban J connectivity index is 1.59. The number of carbonyl (C=O) groups excluding carboxylic acids is 1.